The van der Waals surface area contributed by atoms with Gasteiger partial charge in [0.1, 0.15) is 5.75 Å². The van der Waals surface area contributed by atoms with Gasteiger partial charge in [-0.05, 0) is 25.1 Å². The highest BCUT2D eigenvalue weighted by Crippen LogP contribution is 2.28. The Labute approximate surface area is 99.3 Å². The largest absolute Gasteiger partial charge is 0.508 e. The second-order valence-corrected chi connectivity index (χ2v) is 4.30. The summed E-state index contributed by atoms with van der Waals surface area (Å²) >= 11 is 0. The molecule has 4 heteroatoms. The lowest BCUT2D eigenvalue weighted by Crippen LogP contribution is -2.07. The number of hydrogen-bond acceptors (Lipinski definition) is 4. The Morgan fingerprint density at radius 3 is 3.12 bits per heavy atom. The number of oxazole rings is 1. The van der Waals surface area contributed by atoms with Crippen LogP contribution in [0.1, 0.15) is 18.2 Å². The van der Waals surface area contributed by atoms with Gasteiger partial charge in [-0.2, -0.15) is 0 Å². The second kappa shape index (κ2) is 4.22. The number of benzene rings is 1. The number of phenolic OH excluding ortho intramolecular Hbond substituents is 1. The highest BCUT2D eigenvalue weighted by molar-refractivity contribution is 5.58. The van der Waals surface area contributed by atoms with Gasteiger partial charge in [0.05, 0.1) is 6.20 Å². The molecule has 0 radical (unpaired) electrons. The van der Waals surface area contributed by atoms with Gasteiger partial charge in [0, 0.05) is 18.0 Å². The van der Waals surface area contributed by atoms with E-state index in [-0.39, 0.29) is 5.75 Å². The minimum Gasteiger partial charge on any atom is -0.508 e. The fraction of sp³-hybridized carbons (Fsp3) is 0.308. The van der Waals surface area contributed by atoms with Gasteiger partial charge in [0.2, 0.25) is 0 Å². The summed E-state index contributed by atoms with van der Waals surface area (Å²) in [6.07, 6.45) is 2.79. The van der Waals surface area contributed by atoms with Crippen LogP contribution in [0.3, 0.4) is 0 Å². The molecule has 1 aromatic carbocycles. The lowest BCUT2D eigenvalue weighted by molar-refractivity contribution is 0.464. The van der Waals surface area contributed by atoms with E-state index in [2.05, 4.69) is 10.3 Å². The van der Waals surface area contributed by atoms with Gasteiger partial charge < -0.3 is 14.8 Å². The van der Waals surface area contributed by atoms with E-state index in [1.807, 2.05) is 6.07 Å². The lowest BCUT2D eigenvalue weighted by Gasteiger charge is -2.01. The van der Waals surface area contributed by atoms with E-state index in [4.69, 9.17) is 4.42 Å². The van der Waals surface area contributed by atoms with Gasteiger partial charge in [0.25, 0.3) is 0 Å². The second-order valence-electron chi connectivity index (χ2n) is 4.30. The zero-order valence-electron chi connectivity index (χ0n) is 9.39. The van der Waals surface area contributed by atoms with E-state index < -0.39 is 0 Å². The maximum atomic E-state index is 9.42. The lowest BCUT2D eigenvalue weighted by atomic mass is 10.1. The average molecular weight is 230 g/mol. The maximum absolute atomic E-state index is 9.42. The van der Waals surface area contributed by atoms with Crippen LogP contribution in [-0.4, -0.2) is 23.2 Å². The van der Waals surface area contributed by atoms with Crippen LogP contribution in [0.2, 0.25) is 0 Å². The van der Waals surface area contributed by atoms with Crippen molar-refractivity contribution in [3.05, 3.63) is 36.4 Å². The molecule has 1 aliphatic heterocycles. The molecule has 3 rings (SSSR count). The summed E-state index contributed by atoms with van der Waals surface area (Å²) in [5.74, 6) is 2.11. The Kier molecular flexibility index (Phi) is 2.57. The van der Waals surface area contributed by atoms with Gasteiger partial charge in [-0.3, -0.25) is 0 Å². The molecule has 2 aromatic rings. The highest BCUT2D eigenvalue weighted by Gasteiger charge is 2.21. The van der Waals surface area contributed by atoms with Gasteiger partial charge in [-0.25, -0.2) is 4.98 Å². The van der Waals surface area contributed by atoms with Crippen molar-refractivity contribution in [2.75, 3.05) is 13.1 Å². The van der Waals surface area contributed by atoms with Gasteiger partial charge in [0.15, 0.2) is 11.7 Å². The first-order valence-corrected chi connectivity index (χ1v) is 5.79. The van der Waals surface area contributed by atoms with Crippen molar-refractivity contribution in [2.45, 2.75) is 12.3 Å². The predicted molar refractivity (Wildman–Crippen MR) is 63.8 cm³/mol. The van der Waals surface area contributed by atoms with Crippen LogP contribution in [0.25, 0.3) is 11.3 Å². The molecule has 1 aromatic heterocycles. The Hall–Kier alpha value is -1.81. The van der Waals surface area contributed by atoms with Crippen LogP contribution in [-0.2, 0) is 0 Å². The van der Waals surface area contributed by atoms with Gasteiger partial charge in [-0.15, -0.1) is 0 Å². The van der Waals surface area contributed by atoms with Crippen molar-refractivity contribution >= 4 is 0 Å². The molecule has 1 fully saturated rings. The fourth-order valence-corrected chi connectivity index (χ4v) is 2.13. The molecule has 4 nitrogen and oxygen atoms in total. The summed E-state index contributed by atoms with van der Waals surface area (Å²) in [5, 5.41) is 12.7. The Morgan fingerprint density at radius 1 is 1.41 bits per heavy atom. The quantitative estimate of drug-likeness (QED) is 0.829. The normalized spacial score (nSPS) is 19.6. The molecular weight excluding hydrogens is 216 g/mol. The van der Waals surface area contributed by atoms with Crippen molar-refractivity contribution < 1.29 is 9.52 Å². The summed E-state index contributed by atoms with van der Waals surface area (Å²) in [6, 6.07) is 7.01. The first-order chi connectivity index (χ1) is 8.33. The molecule has 1 atom stereocenters. The van der Waals surface area contributed by atoms with Crippen LogP contribution in [0.4, 0.5) is 0 Å². The van der Waals surface area contributed by atoms with Crippen molar-refractivity contribution in [3.8, 4) is 17.1 Å². The first kappa shape index (κ1) is 10.4. The number of phenols is 1. The zero-order valence-corrected chi connectivity index (χ0v) is 9.39. The number of rotatable bonds is 2. The minimum atomic E-state index is 0.239. The van der Waals surface area contributed by atoms with Crippen LogP contribution in [0.15, 0.2) is 34.9 Å². The minimum absolute atomic E-state index is 0.239. The molecule has 0 bridgehead atoms. The molecule has 0 saturated carbocycles. The Morgan fingerprint density at radius 2 is 2.35 bits per heavy atom. The SMILES string of the molecule is Oc1cccc(-c2cnc(C3CCNC3)o2)c1. The van der Waals surface area contributed by atoms with E-state index in [0.717, 1.165) is 31.0 Å². The zero-order chi connectivity index (χ0) is 11.7. The van der Waals surface area contributed by atoms with Gasteiger partial charge in [-0.1, -0.05) is 12.1 Å². The molecule has 0 aliphatic carbocycles. The predicted octanol–water partition coefficient (Wildman–Crippen LogP) is 2.12. The first-order valence-electron chi connectivity index (χ1n) is 5.79. The number of hydrogen-bond donors (Lipinski definition) is 2. The van der Waals surface area contributed by atoms with Gasteiger partial charge >= 0.3 is 0 Å². The number of aromatic hydroxyl groups is 1. The van der Waals surface area contributed by atoms with E-state index in [1.54, 1.807) is 24.4 Å². The molecule has 0 spiro atoms. The van der Waals surface area contributed by atoms with Crippen LogP contribution in [0.5, 0.6) is 5.75 Å². The van der Waals surface area contributed by atoms with Crippen molar-refractivity contribution in [3.63, 3.8) is 0 Å². The molecule has 2 N–H and O–H groups in total. The topological polar surface area (TPSA) is 58.3 Å². The summed E-state index contributed by atoms with van der Waals surface area (Å²) in [6.45, 7) is 1.95. The van der Waals surface area contributed by atoms with Crippen molar-refractivity contribution in [1.29, 1.82) is 0 Å². The summed E-state index contributed by atoms with van der Waals surface area (Å²) in [7, 11) is 0. The average Bonchev–Trinajstić information content (AvgIpc) is 3.00. The Balaban J connectivity index is 1.89. The molecular formula is C13H14N2O2. The summed E-state index contributed by atoms with van der Waals surface area (Å²) < 4.78 is 5.75. The molecule has 1 aliphatic rings. The highest BCUT2D eigenvalue weighted by atomic mass is 16.4. The molecule has 1 saturated heterocycles. The third-order valence-electron chi connectivity index (χ3n) is 3.06. The van der Waals surface area contributed by atoms with Crippen LogP contribution < -0.4 is 5.32 Å². The molecule has 0 amide bonds. The molecule has 1 unspecified atom stereocenters. The van der Waals surface area contributed by atoms with E-state index in [9.17, 15) is 5.11 Å². The third kappa shape index (κ3) is 2.03. The Bertz CT molecular complexity index is 516. The smallest absolute Gasteiger partial charge is 0.199 e. The van der Waals surface area contributed by atoms with E-state index in [1.165, 1.54) is 0 Å². The number of nitrogens with zero attached hydrogens (tertiary/aromatic N) is 1. The van der Waals surface area contributed by atoms with Crippen molar-refractivity contribution in [2.24, 2.45) is 0 Å². The fourth-order valence-electron chi connectivity index (χ4n) is 2.13. The number of nitrogens with one attached hydrogen (secondary N) is 1. The van der Waals surface area contributed by atoms with Crippen molar-refractivity contribution in [1.82, 2.24) is 10.3 Å². The van der Waals surface area contributed by atoms with Crippen LogP contribution >= 0.6 is 0 Å². The summed E-state index contributed by atoms with van der Waals surface area (Å²) in [4.78, 5) is 4.32. The molecule has 2 heterocycles. The van der Waals surface area contributed by atoms with Crippen LogP contribution in [0, 0.1) is 0 Å². The number of aromatic nitrogens is 1. The molecule has 88 valence electrons. The van der Waals surface area contributed by atoms with E-state index >= 15 is 0 Å². The summed E-state index contributed by atoms with van der Waals surface area (Å²) in [5.41, 5.74) is 0.856. The monoisotopic (exact) mass is 230 g/mol. The standard InChI is InChI=1S/C13H14N2O2/c16-11-3-1-2-9(6-11)12-8-15-13(17-12)10-4-5-14-7-10/h1-3,6,8,10,14,16H,4-5,7H2. The third-order valence-corrected chi connectivity index (χ3v) is 3.06. The maximum Gasteiger partial charge on any atom is 0.199 e. The molecule has 17 heavy (non-hydrogen) atoms. The van der Waals surface area contributed by atoms with E-state index in [0.29, 0.717) is 11.7 Å².